The number of aromatic nitrogens is 1. The second-order valence-electron chi connectivity index (χ2n) is 5.69. The van der Waals surface area contributed by atoms with Crippen LogP contribution in [0.25, 0.3) is 10.9 Å². The highest BCUT2D eigenvalue weighted by atomic mass is 16.5. The van der Waals surface area contributed by atoms with Gasteiger partial charge in [-0.25, -0.2) is 4.79 Å². The maximum Gasteiger partial charge on any atom is 0.338 e. The third kappa shape index (κ3) is 3.15. The van der Waals surface area contributed by atoms with Crippen molar-refractivity contribution < 1.29 is 14.3 Å². The molecule has 0 fully saturated rings. The van der Waals surface area contributed by atoms with Crippen LogP contribution in [0.1, 0.15) is 20.7 Å². The van der Waals surface area contributed by atoms with Crippen molar-refractivity contribution in [3.8, 4) is 0 Å². The minimum atomic E-state index is -0.506. The number of carbonyl (C=O) groups is 2. The first-order chi connectivity index (χ1) is 11.6. The van der Waals surface area contributed by atoms with Crippen LogP contribution in [-0.2, 0) is 4.74 Å². The minimum absolute atomic E-state index is 0.231. The van der Waals surface area contributed by atoms with E-state index in [1.807, 2.05) is 55.4 Å². The van der Waals surface area contributed by atoms with Gasteiger partial charge in [0, 0.05) is 42.4 Å². The van der Waals surface area contributed by atoms with Crippen molar-refractivity contribution in [1.29, 1.82) is 0 Å². The number of ether oxygens (including phenoxy) is 1. The predicted octanol–water partition coefficient (Wildman–Crippen LogP) is 3.27. The van der Waals surface area contributed by atoms with E-state index in [4.69, 9.17) is 4.74 Å². The topological polar surface area (TPSA) is 62.4 Å². The van der Waals surface area contributed by atoms with Crippen molar-refractivity contribution in [2.45, 2.75) is 0 Å². The first-order valence-electron chi connectivity index (χ1n) is 7.60. The first-order valence-corrected chi connectivity index (χ1v) is 7.60. The third-order valence-electron chi connectivity index (χ3n) is 3.84. The summed E-state index contributed by atoms with van der Waals surface area (Å²) in [4.78, 5) is 29.3. The van der Waals surface area contributed by atoms with Crippen LogP contribution in [0, 0.1) is 0 Å². The SMILES string of the molecule is CN(C)c1ccc(C(=O)OCC(=O)c2c[nH]c3ccccc23)cc1. The molecule has 5 nitrogen and oxygen atoms in total. The van der Waals surface area contributed by atoms with Gasteiger partial charge in [-0.2, -0.15) is 0 Å². The number of ketones is 1. The zero-order valence-electron chi connectivity index (χ0n) is 13.6. The summed E-state index contributed by atoms with van der Waals surface area (Å²) in [6, 6.07) is 14.6. The van der Waals surface area contributed by atoms with Gasteiger partial charge in [0.1, 0.15) is 0 Å². The van der Waals surface area contributed by atoms with E-state index in [0.717, 1.165) is 16.6 Å². The molecule has 0 saturated heterocycles. The van der Waals surface area contributed by atoms with E-state index in [-0.39, 0.29) is 12.4 Å². The molecule has 3 aromatic rings. The molecule has 1 N–H and O–H groups in total. The van der Waals surface area contributed by atoms with Crippen molar-refractivity contribution in [3.63, 3.8) is 0 Å². The molecule has 0 atom stereocenters. The maximum atomic E-state index is 12.3. The van der Waals surface area contributed by atoms with E-state index in [2.05, 4.69) is 4.98 Å². The fourth-order valence-corrected chi connectivity index (χ4v) is 2.49. The molecule has 3 rings (SSSR count). The number of carbonyl (C=O) groups excluding carboxylic acids is 2. The molecule has 1 heterocycles. The second kappa shape index (κ2) is 6.58. The van der Waals surface area contributed by atoms with E-state index >= 15 is 0 Å². The van der Waals surface area contributed by atoms with E-state index < -0.39 is 5.97 Å². The van der Waals surface area contributed by atoms with Crippen LogP contribution in [0.2, 0.25) is 0 Å². The van der Waals surface area contributed by atoms with Gasteiger partial charge in [-0.3, -0.25) is 4.79 Å². The Hall–Kier alpha value is -3.08. The molecule has 0 bridgehead atoms. The van der Waals surface area contributed by atoms with Crippen LogP contribution >= 0.6 is 0 Å². The van der Waals surface area contributed by atoms with Gasteiger partial charge in [-0.15, -0.1) is 0 Å². The Kier molecular flexibility index (Phi) is 4.33. The zero-order chi connectivity index (χ0) is 17.1. The van der Waals surface area contributed by atoms with Gasteiger partial charge in [0.15, 0.2) is 6.61 Å². The van der Waals surface area contributed by atoms with Crippen LogP contribution < -0.4 is 4.90 Å². The first kappa shape index (κ1) is 15.8. The highest BCUT2D eigenvalue weighted by Crippen LogP contribution is 2.18. The lowest BCUT2D eigenvalue weighted by Crippen LogP contribution is -2.14. The van der Waals surface area contributed by atoms with E-state index in [1.165, 1.54) is 0 Å². The normalized spacial score (nSPS) is 10.6. The number of nitrogens with zero attached hydrogens (tertiary/aromatic N) is 1. The quantitative estimate of drug-likeness (QED) is 0.578. The summed E-state index contributed by atoms with van der Waals surface area (Å²) in [5.74, 6) is -0.737. The Balaban J connectivity index is 1.66. The molecule has 0 aliphatic rings. The number of anilines is 1. The van der Waals surface area contributed by atoms with Crippen molar-refractivity contribution in [3.05, 3.63) is 65.9 Å². The molecular formula is C19H18N2O3. The second-order valence-corrected chi connectivity index (χ2v) is 5.69. The van der Waals surface area contributed by atoms with Crippen molar-refractivity contribution in [1.82, 2.24) is 4.98 Å². The standard InChI is InChI=1S/C19H18N2O3/c1-21(2)14-9-7-13(8-10-14)19(23)24-12-18(22)16-11-20-17-6-4-3-5-15(16)17/h3-11,20H,12H2,1-2H3. The molecule has 0 saturated carbocycles. The Morgan fingerprint density at radius 1 is 1.04 bits per heavy atom. The number of hydrogen-bond donors (Lipinski definition) is 1. The summed E-state index contributed by atoms with van der Waals surface area (Å²) < 4.78 is 5.15. The van der Waals surface area contributed by atoms with Gasteiger partial charge < -0.3 is 14.6 Å². The Morgan fingerprint density at radius 3 is 2.46 bits per heavy atom. The maximum absolute atomic E-state index is 12.3. The largest absolute Gasteiger partial charge is 0.454 e. The number of para-hydroxylation sites is 1. The number of benzene rings is 2. The van der Waals surface area contributed by atoms with Crippen LogP contribution in [0.5, 0.6) is 0 Å². The summed E-state index contributed by atoms with van der Waals surface area (Å²) in [7, 11) is 3.85. The number of Topliss-reactive ketones (excluding diaryl/α,β-unsaturated/α-hetero) is 1. The average Bonchev–Trinajstić information content (AvgIpc) is 3.03. The average molecular weight is 322 g/mol. The molecule has 2 aromatic carbocycles. The lowest BCUT2D eigenvalue weighted by molar-refractivity contribution is 0.0475. The predicted molar refractivity (Wildman–Crippen MR) is 93.7 cm³/mol. The van der Waals surface area contributed by atoms with Gasteiger partial charge in [0.05, 0.1) is 5.56 Å². The lowest BCUT2D eigenvalue weighted by Gasteiger charge is -2.12. The van der Waals surface area contributed by atoms with Crippen molar-refractivity contribution in [2.75, 3.05) is 25.6 Å². The minimum Gasteiger partial charge on any atom is -0.454 e. The highest BCUT2D eigenvalue weighted by molar-refractivity contribution is 6.09. The molecule has 0 amide bonds. The number of esters is 1. The molecule has 0 aliphatic heterocycles. The van der Waals surface area contributed by atoms with E-state index in [1.54, 1.807) is 18.3 Å². The molecule has 5 heteroatoms. The number of nitrogens with one attached hydrogen (secondary N) is 1. The summed E-state index contributed by atoms with van der Waals surface area (Å²) in [6.45, 7) is -0.282. The lowest BCUT2D eigenvalue weighted by atomic mass is 10.1. The zero-order valence-corrected chi connectivity index (χ0v) is 13.6. The summed E-state index contributed by atoms with van der Waals surface area (Å²) in [5.41, 5.74) is 2.82. The molecule has 1 aromatic heterocycles. The van der Waals surface area contributed by atoms with E-state index in [9.17, 15) is 9.59 Å². The van der Waals surface area contributed by atoms with Gasteiger partial charge in [0.2, 0.25) is 5.78 Å². The third-order valence-corrected chi connectivity index (χ3v) is 3.84. The van der Waals surface area contributed by atoms with Crippen molar-refractivity contribution >= 4 is 28.3 Å². The monoisotopic (exact) mass is 322 g/mol. The molecule has 122 valence electrons. The van der Waals surface area contributed by atoms with Gasteiger partial charge in [0.25, 0.3) is 0 Å². The number of fused-ring (bicyclic) bond motifs is 1. The van der Waals surface area contributed by atoms with Crippen molar-refractivity contribution in [2.24, 2.45) is 0 Å². The van der Waals surface area contributed by atoms with Crippen LogP contribution in [0.15, 0.2) is 54.7 Å². The van der Waals surface area contributed by atoms with Crippen LogP contribution in [-0.4, -0.2) is 37.4 Å². The molecule has 24 heavy (non-hydrogen) atoms. The molecule has 0 unspecified atom stereocenters. The molecule has 0 spiro atoms. The van der Waals surface area contributed by atoms with E-state index in [0.29, 0.717) is 11.1 Å². The van der Waals surface area contributed by atoms with Gasteiger partial charge >= 0.3 is 5.97 Å². The Morgan fingerprint density at radius 2 is 1.75 bits per heavy atom. The fourth-order valence-electron chi connectivity index (χ4n) is 2.49. The number of hydrogen-bond acceptors (Lipinski definition) is 4. The summed E-state index contributed by atoms with van der Waals surface area (Å²) in [6.07, 6.45) is 1.65. The molecule has 0 aliphatic carbocycles. The number of H-pyrrole nitrogens is 1. The fraction of sp³-hybridized carbons (Fsp3) is 0.158. The Labute approximate surface area is 139 Å². The molecule has 0 radical (unpaired) electrons. The summed E-state index contributed by atoms with van der Waals surface area (Å²) >= 11 is 0. The van der Waals surface area contributed by atoms with Gasteiger partial charge in [-0.05, 0) is 30.3 Å². The van der Waals surface area contributed by atoms with Gasteiger partial charge in [-0.1, -0.05) is 18.2 Å². The van der Waals surface area contributed by atoms with Crippen LogP contribution in [0.3, 0.4) is 0 Å². The number of rotatable bonds is 5. The Bertz CT molecular complexity index is 879. The smallest absolute Gasteiger partial charge is 0.338 e. The number of aromatic amines is 1. The summed E-state index contributed by atoms with van der Waals surface area (Å²) in [5, 5.41) is 0.828. The molecular weight excluding hydrogens is 304 g/mol. The van der Waals surface area contributed by atoms with Crippen LogP contribution in [0.4, 0.5) is 5.69 Å². The highest BCUT2D eigenvalue weighted by Gasteiger charge is 2.15.